The average Bonchev–Trinajstić information content (AvgIpc) is 2.63. The minimum Gasteiger partial charge on any atom is -0.309 e. The summed E-state index contributed by atoms with van der Waals surface area (Å²) in [5.74, 6) is 0.774. The maximum atomic E-state index is 12.9. The molecule has 120 valence electrons. The monoisotopic (exact) mass is 337 g/mol. The third-order valence-corrected chi connectivity index (χ3v) is 5.12. The van der Waals surface area contributed by atoms with Gasteiger partial charge in [-0.1, -0.05) is 24.3 Å². The lowest BCUT2D eigenvalue weighted by molar-refractivity contribution is -0.119. The lowest BCUT2D eigenvalue weighted by Gasteiger charge is -2.29. The molecule has 4 rings (SSSR count). The smallest absolute Gasteiger partial charge is 0.269 e. The van der Waals surface area contributed by atoms with Gasteiger partial charge in [0.2, 0.25) is 5.91 Å². The molecule has 1 aliphatic heterocycles. The first-order valence-corrected chi connectivity index (χ1v) is 8.69. The van der Waals surface area contributed by atoms with E-state index in [0.29, 0.717) is 17.6 Å². The number of aromatic nitrogens is 2. The quantitative estimate of drug-likeness (QED) is 0.721. The van der Waals surface area contributed by atoms with E-state index < -0.39 is 0 Å². The molecule has 0 fully saturated rings. The van der Waals surface area contributed by atoms with Crippen LogP contribution in [0.5, 0.6) is 0 Å². The van der Waals surface area contributed by atoms with Crippen LogP contribution in [0.4, 0.5) is 5.69 Å². The van der Waals surface area contributed by atoms with E-state index in [-0.39, 0.29) is 18.0 Å². The highest BCUT2D eigenvalue weighted by Crippen LogP contribution is 2.34. The number of rotatable bonds is 2. The number of hydrogen-bond acceptors (Lipinski definition) is 4. The first kappa shape index (κ1) is 15.0. The molecule has 24 heavy (non-hydrogen) atoms. The molecule has 0 radical (unpaired) electrons. The van der Waals surface area contributed by atoms with Gasteiger partial charge in [0.25, 0.3) is 5.56 Å². The standard InChI is InChI=1S/C18H15N3O2S/c22-17-11-19-13-5-1-2-6-14(13)21(17)12-18(23)20-9-10-24-16-8-4-3-7-15(16)20/h1-8,11H,9-10,12H2. The van der Waals surface area contributed by atoms with E-state index in [4.69, 9.17) is 0 Å². The Morgan fingerprint density at radius 2 is 1.92 bits per heavy atom. The number of carbonyl (C=O) groups excluding carboxylic acids is 1. The van der Waals surface area contributed by atoms with Gasteiger partial charge in [-0.05, 0) is 24.3 Å². The second-order valence-electron chi connectivity index (χ2n) is 5.53. The van der Waals surface area contributed by atoms with Gasteiger partial charge in [-0.3, -0.25) is 14.2 Å². The molecule has 0 saturated heterocycles. The lowest BCUT2D eigenvalue weighted by atomic mass is 10.2. The van der Waals surface area contributed by atoms with Crippen LogP contribution >= 0.6 is 11.8 Å². The van der Waals surface area contributed by atoms with E-state index in [9.17, 15) is 9.59 Å². The summed E-state index contributed by atoms with van der Waals surface area (Å²) in [4.78, 5) is 32.1. The molecule has 0 unspecified atom stereocenters. The Balaban J connectivity index is 1.71. The molecule has 5 nitrogen and oxygen atoms in total. The van der Waals surface area contributed by atoms with Crippen molar-refractivity contribution in [3.63, 3.8) is 0 Å². The minimum absolute atomic E-state index is 0.0147. The third-order valence-electron chi connectivity index (χ3n) is 4.08. The van der Waals surface area contributed by atoms with E-state index in [0.717, 1.165) is 16.3 Å². The summed E-state index contributed by atoms with van der Waals surface area (Å²) in [6.07, 6.45) is 1.27. The summed E-state index contributed by atoms with van der Waals surface area (Å²) >= 11 is 1.75. The Kier molecular flexibility index (Phi) is 3.82. The van der Waals surface area contributed by atoms with Crippen LogP contribution in [0.1, 0.15) is 0 Å². The van der Waals surface area contributed by atoms with Gasteiger partial charge in [0.05, 0.1) is 22.9 Å². The molecule has 6 heteroatoms. The van der Waals surface area contributed by atoms with Gasteiger partial charge < -0.3 is 4.90 Å². The normalized spacial score (nSPS) is 13.8. The fourth-order valence-corrected chi connectivity index (χ4v) is 3.92. The van der Waals surface area contributed by atoms with Crippen molar-refractivity contribution >= 4 is 34.4 Å². The van der Waals surface area contributed by atoms with Crippen molar-refractivity contribution in [3.8, 4) is 0 Å². The van der Waals surface area contributed by atoms with Crippen molar-refractivity contribution in [2.45, 2.75) is 11.4 Å². The van der Waals surface area contributed by atoms with E-state index in [1.807, 2.05) is 48.5 Å². The summed E-state index contributed by atoms with van der Waals surface area (Å²) in [7, 11) is 0. The van der Waals surface area contributed by atoms with Gasteiger partial charge >= 0.3 is 0 Å². The van der Waals surface area contributed by atoms with Crippen molar-refractivity contribution < 1.29 is 4.79 Å². The van der Waals surface area contributed by atoms with Crippen LogP contribution in [0.3, 0.4) is 0 Å². The van der Waals surface area contributed by atoms with E-state index in [1.54, 1.807) is 16.7 Å². The molecule has 0 spiro atoms. The summed E-state index contributed by atoms with van der Waals surface area (Å²) in [5, 5.41) is 0. The molecule has 3 aromatic rings. The van der Waals surface area contributed by atoms with Crippen molar-refractivity contribution in [2.24, 2.45) is 0 Å². The molecule has 1 aliphatic rings. The Morgan fingerprint density at radius 3 is 2.83 bits per heavy atom. The second kappa shape index (κ2) is 6.13. The SMILES string of the molecule is O=C(Cn1c(=O)cnc2ccccc21)N1CCSc2ccccc21. The predicted molar refractivity (Wildman–Crippen MR) is 95.5 cm³/mol. The van der Waals surface area contributed by atoms with Gasteiger partial charge in [0.15, 0.2) is 0 Å². The largest absolute Gasteiger partial charge is 0.309 e. The third kappa shape index (κ3) is 2.59. The zero-order chi connectivity index (χ0) is 16.5. The molecule has 2 aromatic carbocycles. The van der Waals surface area contributed by atoms with E-state index in [1.165, 1.54) is 10.8 Å². The Hall–Kier alpha value is -2.60. The molecule has 0 atom stereocenters. The lowest BCUT2D eigenvalue weighted by Crippen LogP contribution is -2.39. The van der Waals surface area contributed by atoms with Crippen LogP contribution in [-0.4, -0.2) is 27.8 Å². The van der Waals surface area contributed by atoms with Crippen LogP contribution in [0.25, 0.3) is 11.0 Å². The van der Waals surface area contributed by atoms with Crippen molar-refractivity contribution in [1.29, 1.82) is 0 Å². The van der Waals surface area contributed by atoms with Gasteiger partial charge in [-0.2, -0.15) is 0 Å². The number of carbonyl (C=O) groups is 1. The van der Waals surface area contributed by atoms with Crippen LogP contribution in [0.15, 0.2) is 64.4 Å². The van der Waals surface area contributed by atoms with E-state index >= 15 is 0 Å². The maximum absolute atomic E-state index is 12.9. The molecule has 1 aromatic heterocycles. The Labute approximate surface area is 142 Å². The zero-order valence-electron chi connectivity index (χ0n) is 12.9. The topological polar surface area (TPSA) is 55.2 Å². The van der Waals surface area contributed by atoms with Gasteiger partial charge in [-0.15, -0.1) is 11.8 Å². The maximum Gasteiger partial charge on any atom is 0.269 e. The summed E-state index contributed by atoms with van der Waals surface area (Å²) in [5.41, 5.74) is 2.05. The fourth-order valence-electron chi connectivity index (χ4n) is 2.93. The number of para-hydroxylation sites is 3. The summed E-state index contributed by atoms with van der Waals surface area (Å²) < 4.78 is 1.50. The van der Waals surface area contributed by atoms with Gasteiger partial charge in [0, 0.05) is 17.2 Å². The highest BCUT2D eigenvalue weighted by Gasteiger charge is 2.23. The number of fused-ring (bicyclic) bond motifs is 2. The number of nitrogens with zero attached hydrogens (tertiary/aromatic N) is 3. The minimum atomic E-state index is -0.262. The Morgan fingerprint density at radius 1 is 1.12 bits per heavy atom. The first-order valence-electron chi connectivity index (χ1n) is 7.71. The van der Waals surface area contributed by atoms with Gasteiger partial charge in [0.1, 0.15) is 6.54 Å². The number of benzene rings is 2. The molecule has 1 amide bonds. The fraction of sp³-hybridized carbons (Fsp3) is 0.167. The zero-order valence-corrected chi connectivity index (χ0v) is 13.7. The number of hydrogen-bond donors (Lipinski definition) is 0. The van der Waals surface area contributed by atoms with Crippen LogP contribution in [0.2, 0.25) is 0 Å². The highest BCUT2D eigenvalue weighted by molar-refractivity contribution is 7.99. The molecule has 0 N–H and O–H groups in total. The summed E-state index contributed by atoms with van der Waals surface area (Å²) in [6.45, 7) is 0.666. The molecule has 0 bridgehead atoms. The van der Waals surface area contributed by atoms with Gasteiger partial charge in [-0.25, -0.2) is 4.98 Å². The second-order valence-corrected chi connectivity index (χ2v) is 6.67. The molecule has 0 saturated carbocycles. The highest BCUT2D eigenvalue weighted by atomic mass is 32.2. The average molecular weight is 337 g/mol. The van der Waals surface area contributed by atoms with Crippen LogP contribution in [0, 0.1) is 0 Å². The molecular weight excluding hydrogens is 322 g/mol. The van der Waals surface area contributed by atoms with Crippen molar-refractivity contribution in [2.75, 3.05) is 17.2 Å². The predicted octanol–water partition coefficient (Wildman–Crippen LogP) is 2.54. The number of thioether (sulfide) groups is 1. The molecule has 0 aliphatic carbocycles. The summed E-state index contributed by atoms with van der Waals surface area (Å²) in [6, 6.07) is 15.2. The Bertz CT molecular complexity index is 983. The number of amides is 1. The van der Waals surface area contributed by atoms with E-state index in [2.05, 4.69) is 4.98 Å². The van der Waals surface area contributed by atoms with Crippen molar-refractivity contribution in [3.05, 3.63) is 65.1 Å². The van der Waals surface area contributed by atoms with Crippen LogP contribution < -0.4 is 10.5 Å². The number of anilines is 1. The molecular formula is C18H15N3O2S. The van der Waals surface area contributed by atoms with Crippen molar-refractivity contribution in [1.82, 2.24) is 9.55 Å². The van der Waals surface area contributed by atoms with Crippen LogP contribution in [-0.2, 0) is 11.3 Å². The molecule has 2 heterocycles. The first-order chi connectivity index (χ1) is 11.7.